The van der Waals surface area contributed by atoms with Gasteiger partial charge in [0.25, 0.3) is 5.91 Å². The van der Waals surface area contributed by atoms with Crippen LogP contribution in [0.5, 0.6) is 0 Å². The third kappa shape index (κ3) is 5.09. The molecule has 0 bridgehead atoms. The molecule has 0 radical (unpaired) electrons. The summed E-state index contributed by atoms with van der Waals surface area (Å²) in [5.74, 6) is -0.101. The Morgan fingerprint density at radius 1 is 1.36 bits per heavy atom. The van der Waals surface area contributed by atoms with Crippen LogP contribution in [0.15, 0.2) is 41.0 Å². The highest BCUT2D eigenvalue weighted by molar-refractivity contribution is 9.09. The molecule has 0 fully saturated rings. The molecule has 7 heteroatoms. The van der Waals surface area contributed by atoms with Gasteiger partial charge >= 0.3 is 0 Å². The fourth-order valence-electron chi connectivity index (χ4n) is 2.25. The zero-order valence-corrected chi connectivity index (χ0v) is 15.9. The van der Waals surface area contributed by atoms with Crippen LogP contribution < -0.4 is 5.43 Å². The van der Waals surface area contributed by atoms with Crippen LogP contribution in [0.4, 0.5) is 0 Å². The van der Waals surface area contributed by atoms with E-state index in [-0.39, 0.29) is 11.4 Å². The van der Waals surface area contributed by atoms with E-state index in [0.717, 1.165) is 23.9 Å². The third-order valence-electron chi connectivity index (χ3n) is 3.64. The van der Waals surface area contributed by atoms with Crippen molar-refractivity contribution in [3.8, 4) is 0 Å². The van der Waals surface area contributed by atoms with Gasteiger partial charge in [0.1, 0.15) is 5.71 Å². The number of amides is 1. The smallest absolute Gasteiger partial charge is 0.274 e. The summed E-state index contributed by atoms with van der Waals surface area (Å²) >= 11 is 3.23. The van der Waals surface area contributed by atoms with E-state index in [4.69, 9.17) is 0 Å². The average molecular weight is 405 g/mol. The van der Waals surface area contributed by atoms with E-state index in [9.17, 15) is 9.59 Å². The number of hydrogen-bond donors (Lipinski definition) is 2. The second-order valence-corrected chi connectivity index (χ2v) is 6.19. The molecule has 132 valence electrons. The normalized spacial score (nSPS) is 12.4. The minimum Gasteiger partial charge on any atom is -0.337 e. The number of halogens is 1. The maximum absolute atomic E-state index is 12.3. The van der Waals surface area contributed by atoms with Crippen LogP contribution in [0.2, 0.25) is 0 Å². The summed E-state index contributed by atoms with van der Waals surface area (Å²) in [5, 5.41) is 4.50. The van der Waals surface area contributed by atoms with Gasteiger partial charge in [-0.15, -0.1) is 0 Å². The molecule has 0 aliphatic rings. The van der Waals surface area contributed by atoms with Crippen molar-refractivity contribution >= 4 is 44.4 Å². The number of allylic oxidation sites excluding steroid dienone is 1. The number of aromatic amines is 1. The summed E-state index contributed by atoms with van der Waals surface area (Å²) in [5.41, 5.74) is 4.83. The van der Waals surface area contributed by atoms with Crippen molar-refractivity contribution in [1.82, 2.24) is 15.4 Å². The third-order valence-corrected chi connectivity index (χ3v) is 3.96. The molecular formula is C18H21BrN4O2. The first-order valence-electron chi connectivity index (χ1n) is 8.15. The number of unbranched alkanes of at least 4 members (excludes halogenated alkanes) is 1. The van der Waals surface area contributed by atoms with Crippen LogP contribution in [-0.4, -0.2) is 32.7 Å². The number of imidazole rings is 1. The average Bonchev–Trinajstić information content (AvgIpc) is 3.06. The van der Waals surface area contributed by atoms with Gasteiger partial charge in [-0.1, -0.05) is 47.5 Å². The lowest BCUT2D eigenvalue weighted by Gasteiger charge is -2.05. The molecule has 2 rings (SSSR count). The summed E-state index contributed by atoms with van der Waals surface area (Å²) in [6.07, 6.45) is 3.58. The van der Waals surface area contributed by atoms with Crippen molar-refractivity contribution in [2.24, 2.45) is 5.10 Å². The summed E-state index contributed by atoms with van der Waals surface area (Å²) in [7, 11) is 0. The number of ketones is 1. The first-order chi connectivity index (χ1) is 12.1. The van der Waals surface area contributed by atoms with Gasteiger partial charge in [-0.3, -0.25) is 9.59 Å². The number of rotatable bonds is 8. The molecule has 25 heavy (non-hydrogen) atoms. The number of nitrogens with zero attached hydrogens (tertiary/aromatic N) is 2. The summed E-state index contributed by atoms with van der Waals surface area (Å²) in [4.78, 5) is 32.0. The lowest BCUT2D eigenvalue weighted by Crippen LogP contribution is -2.26. The van der Waals surface area contributed by atoms with Gasteiger partial charge in [-0.2, -0.15) is 5.10 Å². The molecule has 1 aromatic heterocycles. The molecule has 0 aliphatic heterocycles. The van der Waals surface area contributed by atoms with E-state index in [1.54, 1.807) is 13.0 Å². The molecule has 1 heterocycles. The van der Waals surface area contributed by atoms with Crippen LogP contribution in [0.1, 0.15) is 38.9 Å². The van der Waals surface area contributed by atoms with E-state index in [1.165, 1.54) is 0 Å². The number of benzene rings is 1. The number of carbonyl (C=O) groups is 2. The van der Waals surface area contributed by atoms with E-state index >= 15 is 0 Å². The van der Waals surface area contributed by atoms with Crippen molar-refractivity contribution in [3.05, 3.63) is 41.7 Å². The lowest BCUT2D eigenvalue weighted by molar-refractivity contribution is -0.122. The second-order valence-electron chi connectivity index (χ2n) is 5.54. The topological polar surface area (TPSA) is 87.2 Å². The van der Waals surface area contributed by atoms with Crippen LogP contribution in [0.25, 0.3) is 11.0 Å². The number of carbonyl (C=O) groups excluding carboxylic acids is 2. The van der Waals surface area contributed by atoms with Crippen LogP contribution in [-0.2, 0) is 9.59 Å². The quantitative estimate of drug-likeness (QED) is 0.176. The van der Waals surface area contributed by atoms with Gasteiger partial charge < -0.3 is 4.98 Å². The Labute approximate surface area is 154 Å². The highest BCUT2D eigenvalue weighted by Gasteiger charge is 2.17. The zero-order valence-electron chi connectivity index (χ0n) is 14.3. The van der Waals surface area contributed by atoms with Gasteiger partial charge in [0.15, 0.2) is 11.6 Å². The van der Waals surface area contributed by atoms with Gasteiger partial charge in [0.2, 0.25) is 0 Å². The number of hydrazone groups is 1. The SMILES string of the molecule is CCCCC(=O)/C(=C\CBr)C(=O)N/N=C(/C)c1nc2ccccc2[nH]1. The monoisotopic (exact) mass is 404 g/mol. The first-order valence-corrected chi connectivity index (χ1v) is 9.28. The fourth-order valence-corrected chi connectivity index (χ4v) is 2.58. The van der Waals surface area contributed by atoms with Crippen molar-refractivity contribution in [3.63, 3.8) is 0 Å². The van der Waals surface area contributed by atoms with Gasteiger partial charge in [0.05, 0.1) is 16.6 Å². The summed E-state index contributed by atoms with van der Waals surface area (Å²) < 4.78 is 0. The lowest BCUT2D eigenvalue weighted by atomic mass is 10.1. The number of H-pyrrole nitrogens is 1. The predicted octanol–water partition coefficient (Wildman–Crippen LogP) is 3.48. The van der Waals surface area contributed by atoms with Crippen LogP contribution >= 0.6 is 15.9 Å². The molecule has 2 N–H and O–H groups in total. The summed E-state index contributed by atoms with van der Waals surface area (Å²) in [6, 6.07) is 7.63. The van der Waals surface area contributed by atoms with Gasteiger partial charge in [-0.25, -0.2) is 10.4 Å². The second kappa shape index (κ2) is 9.27. The molecule has 0 saturated heterocycles. The standard InChI is InChI=1S/C18H21BrN4O2/c1-3-4-9-16(24)13(10-11-19)18(25)23-22-12(2)17-20-14-7-5-6-8-15(14)21-17/h5-8,10H,3-4,9,11H2,1-2H3,(H,20,21)(H,23,25)/b13-10+,22-12-. The van der Waals surface area contributed by atoms with E-state index in [2.05, 4.69) is 36.4 Å². The Hall–Kier alpha value is -2.28. The molecule has 1 amide bonds. The van der Waals surface area contributed by atoms with E-state index < -0.39 is 5.91 Å². The maximum Gasteiger partial charge on any atom is 0.274 e. The first kappa shape index (κ1) is 19.1. The minimum atomic E-state index is -0.504. The van der Waals surface area contributed by atoms with Crippen molar-refractivity contribution in [2.75, 3.05) is 5.33 Å². The van der Waals surface area contributed by atoms with Crippen molar-refractivity contribution < 1.29 is 9.59 Å². The van der Waals surface area contributed by atoms with Gasteiger partial charge in [0, 0.05) is 11.8 Å². The largest absolute Gasteiger partial charge is 0.337 e. The molecule has 0 aliphatic carbocycles. The number of fused-ring (bicyclic) bond motifs is 1. The number of Topliss-reactive ketones (excluding diaryl/α,β-unsaturated/α-hetero) is 1. The fraction of sp³-hybridized carbons (Fsp3) is 0.333. The van der Waals surface area contributed by atoms with Crippen LogP contribution in [0, 0.1) is 0 Å². The molecule has 2 aromatic rings. The number of alkyl halides is 1. The molecule has 0 atom stereocenters. The highest BCUT2D eigenvalue weighted by Crippen LogP contribution is 2.11. The number of hydrogen-bond acceptors (Lipinski definition) is 4. The highest BCUT2D eigenvalue weighted by atomic mass is 79.9. The predicted molar refractivity (Wildman–Crippen MR) is 103 cm³/mol. The van der Waals surface area contributed by atoms with Crippen molar-refractivity contribution in [2.45, 2.75) is 33.1 Å². The Morgan fingerprint density at radius 3 is 2.80 bits per heavy atom. The van der Waals surface area contributed by atoms with E-state index in [1.807, 2.05) is 31.2 Å². The Balaban J connectivity index is 2.10. The molecular weight excluding hydrogens is 384 g/mol. The van der Waals surface area contributed by atoms with E-state index in [0.29, 0.717) is 23.3 Å². The molecule has 1 aromatic carbocycles. The summed E-state index contributed by atoms with van der Waals surface area (Å²) in [6.45, 7) is 3.74. The molecule has 0 saturated carbocycles. The van der Waals surface area contributed by atoms with Gasteiger partial charge in [-0.05, 0) is 25.5 Å². The zero-order chi connectivity index (χ0) is 18.2. The maximum atomic E-state index is 12.3. The molecule has 0 unspecified atom stereocenters. The molecule has 6 nitrogen and oxygen atoms in total. The minimum absolute atomic E-state index is 0.131. The Kier molecular flexibility index (Phi) is 7.06. The Morgan fingerprint density at radius 2 is 2.12 bits per heavy atom. The van der Waals surface area contributed by atoms with Crippen LogP contribution in [0.3, 0.4) is 0 Å². The number of aromatic nitrogens is 2. The number of para-hydroxylation sites is 2. The number of nitrogens with one attached hydrogen (secondary N) is 2. The Bertz CT molecular complexity index is 790. The van der Waals surface area contributed by atoms with Crippen molar-refractivity contribution in [1.29, 1.82) is 0 Å². The molecule has 0 spiro atoms.